The molecule has 0 radical (unpaired) electrons. The van der Waals surface area contributed by atoms with Crippen LogP contribution >= 0.6 is 0 Å². The second-order valence-electron chi connectivity index (χ2n) is 9.03. The molecule has 3 heterocycles. The van der Waals surface area contributed by atoms with Gasteiger partial charge in [-0.3, -0.25) is 19.6 Å². The normalized spacial score (nSPS) is 19.4. The number of rotatable bonds is 10. The number of piperazine rings is 1. The Bertz CT molecular complexity index is 507. The van der Waals surface area contributed by atoms with Crippen molar-refractivity contribution in [3.63, 3.8) is 0 Å². The number of ether oxygens (including phenoxy) is 1. The molecule has 3 aliphatic heterocycles. The van der Waals surface area contributed by atoms with Gasteiger partial charge in [-0.15, -0.1) is 0 Å². The summed E-state index contributed by atoms with van der Waals surface area (Å²) in [4.78, 5) is 50.8. The fourth-order valence-corrected chi connectivity index (χ4v) is 3.86. The third-order valence-corrected chi connectivity index (χ3v) is 6.37. The smallest absolute Gasteiger partial charge is 0.133 e. The Kier molecular flexibility index (Phi) is 24.0. The largest absolute Gasteiger partial charge is 0.379 e. The summed E-state index contributed by atoms with van der Waals surface area (Å²) in [6.45, 7) is 18.3. The van der Waals surface area contributed by atoms with E-state index in [1.807, 2.05) is 13.8 Å². The van der Waals surface area contributed by atoms with Gasteiger partial charge in [0, 0.05) is 39.3 Å². The fraction of sp³-hybridized carbons (Fsp3) is 0.846. The third-order valence-electron chi connectivity index (χ3n) is 6.37. The predicted molar refractivity (Wildman–Crippen MR) is 144 cm³/mol. The molecule has 3 rings (SSSR count). The topological polar surface area (TPSA) is 93.7 Å². The molecule has 0 saturated carbocycles. The van der Waals surface area contributed by atoms with Crippen LogP contribution in [0.3, 0.4) is 0 Å². The van der Waals surface area contributed by atoms with Crippen molar-refractivity contribution >= 4 is 25.1 Å². The second kappa shape index (κ2) is 25.1. The molecule has 0 amide bonds. The molecule has 0 aromatic heterocycles. The van der Waals surface area contributed by atoms with Crippen molar-refractivity contribution < 1.29 is 23.9 Å². The first-order valence-electron chi connectivity index (χ1n) is 13.4. The Hall–Kier alpha value is -1.56. The average molecular weight is 514 g/mol. The zero-order chi connectivity index (χ0) is 26.9. The van der Waals surface area contributed by atoms with E-state index >= 15 is 0 Å². The molecule has 0 unspecified atom stereocenters. The maximum Gasteiger partial charge on any atom is 0.133 e. The van der Waals surface area contributed by atoms with Gasteiger partial charge in [0.15, 0.2) is 0 Å². The number of piperidine rings is 1. The number of likely N-dealkylation sites (tertiary alicyclic amines) is 1. The molecule has 10 heteroatoms. The number of aldehydes is 4. The van der Waals surface area contributed by atoms with Gasteiger partial charge in [-0.25, -0.2) is 0 Å². The molecule has 0 aliphatic carbocycles. The van der Waals surface area contributed by atoms with E-state index < -0.39 is 0 Å². The number of morpholine rings is 1. The minimum Gasteiger partial charge on any atom is -0.379 e. The van der Waals surface area contributed by atoms with Crippen molar-refractivity contribution in [2.75, 3.05) is 112 Å². The maximum atomic E-state index is 10.1. The van der Waals surface area contributed by atoms with E-state index in [9.17, 15) is 19.2 Å². The first-order valence-corrected chi connectivity index (χ1v) is 13.4. The lowest BCUT2D eigenvalue weighted by molar-refractivity contribution is -0.110. The SMILES string of the molecule is CCN(CC)CC=O.CN1CCN(CC=O)CC1.O=CCN1CCCCC1.O=CCN1CCOCC1. The minimum absolute atomic E-state index is 0.559. The summed E-state index contributed by atoms with van der Waals surface area (Å²) < 4.78 is 5.09. The molecule has 3 saturated heterocycles. The summed E-state index contributed by atoms with van der Waals surface area (Å²) >= 11 is 0. The van der Waals surface area contributed by atoms with Gasteiger partial charge in [0.1, 0.15) is 25.1 Å². The Balaban J connectivity index is 0.000000455. The minimum atomic E-state index is 0.559. The van der Waals surface area contributed by atoms with Crippen molar-refractivity contribution in [2.24, 2.45) is 0 Å². The van der Waals surface area contributed by atoms with Gasteiger partial charge in [0.25, 0.3) is 0 Å². The number of hydrogen-bond donors (Lipinski definition) is 0. The maximum absolute atomic E-state index is 10.1. The van der Waals surface area contributed by atoms with E-state index in [1.165, 1.54) is 19.3 Å². The van der Waals surface area contributed by atoms with Crippen molar-refractivity contribution in [1.82, 2.24) is 24.5 Å². The molecule has 3 aliphatic rings. The first-order chi connectivity index (χ1) is 17.5. The van der Waals surface area contributed by atoms with E-state index in [2.05, 4.69) is 31.5 Å². The summed E-state index contributed by atoms with van der Waals surface area (Å²) in [6, 6.07) is 0. The van der Waals surface area contributed by atoms with Crippen LogP contribution in [0.2, 0.25) is 0 Å². The Morgan fingerprint density at radius 3 is 1.44 bits per heavy atom. The number of carbonyl (C=O) groups excluding carboxylic acids is 4. The lowest BCUT2D eigenvalue weighted by Crippen LogP contribution is -2.44. The van der Waals surface area contributed by atoms with E-state index in [0.29, 0.717) is 26.2 Å². The highest BCUT2D eigenvalue weighted by Gasteiger charge is 2.12. The number of likely N-dealkylation sites (N-methyl/N-ethyl adjacent to an activating group) is 2. The van der Waals surface area contributed by atoms with Gasteiger partial charge < -0.3 is 28.8 Å². The van der Waals surface area contributed by atoms with Gasteiger partial charge >= 0.3 is 0 Å². The molecule has 0 bridgehead atoms. The Labute approximate surface area is 218 Å². The zero-order valence-corrected chi connectivity index (χ0v) is 23.0. The average Bonchev–Trinajstić information content (AvgIpc) is 2.91. The number of carbonyl (C=O) groups is 4. The molecule has 36 heavy (non-hydrogen) atoms. The lowest BCUT2D eigenvalue weighted by Gasteiger charge is -2.30. The highest BCUT2D eigenvalue weighted by molar-refractivity contribution is 5.52. The van der Waals surface area contributed by atoms with Crippen LogP contribution in [0.4, 0.5) is 0 Å². The van der Waals surface area contributed by atoms with E-state index in [-0.39, 0.29) is 0 Å². The molecule has 0 atom stereocenters. The molecular weight excluding hydrogens is 462 g/mol. The summed E-state index contributed by atoms with van der Waals surface area (Å²) in [5.74, 6) is 0. The van der Waals surface area contributed by atoms with Crippen LogP contribution in [-0.4, -0.2) is 162 Å². The Morgan fingerprint density at radius 1 is 0.611 bits per heavy atom. The van der Waals surface area contributed by atoms with E-state index in [4.69, 9.17) is 4.74 Å². The second-order valence-corrected chi connectivity index (χ2v) is 9.03. The van der Waals surface area contributed by atoms with Crippen LogP contribution in [0.5, 0.6) is 0 Å². The monoisotopic (exact) mass is 513 g/mol. The summed E-state index contributed by atoms with van der Waals surface area (Å²) in [5, 5.41) is 0. The van der Waals surface area contributed by atoms with Crippen LogP contribution < -0.4 is 0 Å². The molecule has 210 valence electrons. The molecule has 0 spiro atoms. The van der Waals surface area contributed by atoms with Crippen molar-refractivity contribution in [3.05, 3.63) is 0 Å². The Morgan fingerprint density at radius 2 is 1.06 bits per heavy atom. The summed E-state index contributed by atoms with van der Waals surface area (Å²) in [6.07, 6.45) is 7.73. The van der Waals surface area contributed by atoms with Crippen LogP contribution in [0.15, 0.2) is 0 Å². The van der Waals surface area contributed by atoms with Crippen molar-refractivity contribution in [3.8, 4) is 0 Å². The number of nitrogens with zero attached hydrogens (tertiary/aromatic N) is 5. The third kappa shape index (κ3) is 19.6. The molecule has 0 aromatic carbocycles. The fourth-order valence-electron chi connectivity index (χ4n) is 3.86. The molecule has 10 nitrogen and oxygen atoms in total. The predicted octanol–water partition coefficient (Wildman–Crippen LogP) is 0.149. The van der Waals surface area contributed by atoms with Gasteiger partial charge in [-0.05, 0) is 46.1 Å². The van der Waals surface area contributed by atoms with Crippen molar-refractivity contribution in [2.45, 2.75) is 33.1 Å². The first kappa shape index (κ1) is 34.4. The van der Waals surface area contributed by atoms with Crippen LogP contribution in [0, 0.1) is 0 Å². The van der Waals surface area contributed by atoms with Gasteiger partial charge in [-0.2, -0.15) is 0 Å². The summed E-state index contributed by atoms with van der Waals surface area (Å²) in [7, 11) is 2.11. The quantitative estimate of drug-likeness (QED) is 0.376. The van der Waals surface area contributed by atoms with E-state index in [1.54, 1.807) is 0 Å². The van der Waals surface area contributed by atoms with Crippen LogP contribution in [0.25, 0.3) is 0 Å². The van der Waals surface area contributed by atoms with Crippen LogP contribution in [0.1, 0.15) is 33.1 Å². The zero-order valence-electron chi connectivity index (χ0n) is 23.0. The standard InChI is InChI=1S/C7H14N2O.C7H13NO.C6H11NO2.C6H13NO/c1-8-2-4-9(5-3-8)6-7-10;9-7-6-8-4-2-1-3-5-8;8-4-1-7-2-5-9-6-3-7;1-3-7(4-2)5-6-8/h7H,2-6H2,1H3;7H,1-6H2;4H,1-3,5-6H2;6H,3-5H2,1-2H3. The van der Waals surface area contributed by atoms with Gasteiger partial charge in [0.05, 0.1) is 39.4 Å². The van der Waals surface area contributed by atoms with E-state index in [0.717, 1.165) is 104 Å². The lowest BCUT2D eigenvalue weighted by atomic mass is 10.1. The molecule has 3 fully saturated rings. The molecule has 0 aromatic rings. The number of hydrogen-bond acceptors (Lipinski definition) is 10. The highest BCUT2D eigenvalue weighted by atomic mass is 16.5. The highest BCUT2D eigenvalue weighted by Crippen LogP contribution is 2.06. The molecule has 0 N–H and O–H groups in total. The summed E-state index contributed by atoms with van der Waals surface area (Å²) in [5.41, 5.74) is 0. The van der Waals surface area contributed by atoms with Crippen LogP contribution in [-0.2, 0) is 23.9 Å². The van der Waals surface area contributed by atoms with Gasteiger partial charge in [0.2, 0.25) is 0 Å². The molecular formula is C26H51N5O5. The van der Waals surface area contributed by atoms with Crippen molar-refractivity contribution in [1.29, 1.82) is 0 Å². The van der Waals surface area contributed by atoms with Gasteiger partial charge in [-0.1, -0.05) is 20.3 Å².